The van der Waals surface area contributed by atoms with Crippen molar-refractivity contribution in [1.82, 2.24) is 9.80 Å². The van der Waals surface area contributed by atoms with Crippen LogP contribution in [0.1, 0.15) is 74.4 Å². The molecule has 11 nitrogen and oxygen atoms in total. The molecule has 17 heteroatoms. The minimum Gasteiger partial charge on any atom is -0.508 e. The van der Waals surface area contributed by atoms with E-state index in [0.717, 1.165) is 31.5 Å². The fourth-order valence-corrected chi connectivity index (χ4v) is 7.13. The zero-order valence-electron chi connectivity index (χ0n) is 31.4. The van der Waals surface area contributed by atoms with Gasteiger partial charge in [-0.3, -0.25) is 19.4 Å². The number of hydrogen-bond acceptors (Lipinski definition) is 11. The number of benzene rings is 3. The lowest BCUT2D eigenvalue weighted by Gasteiger charge is -2.40. The lowest BCUT2D eigenvalue weighted by molar-refractivity contribution is -0.159. The first-order valence-corrected chi connectivity index (χ1v) is 20.0. The van der Waals surface area contributed by atoms with Crippen LogP contribution in [-0.4, -0.2) is 98.1 Å². The Bertz CT molecular complexity index is 1810. The Balaban J connectivity index is 0.000000244. The number of phenols is 3. The van der Waals surface area contributed by atoms with Crippen LogP contribution in [0.3, 0.4) is 0 Å². The minimum absolute atomic E-state index is 0.0128. The van der Waals surface area contributed by atoms with Gasteiger partial charge in [0.15, 0.2) is 6.29 Å². The number of hydrogen-bond donors (Lipinski definition) is 6. The molecule has 2 saturated heterocycles. The van der Waals surface area contributed by atoms with Gasteiger partial charge in [0.25, 0.3) is 0 Å². The molecule has 3 aromatic rings. The van der Waals surface area contributed by atoms with Crippen molar-refractivity contribution >= 4 is 81.9 Å². The lowest BCUT2D eigenvalue weighted by atomic mass is 9.76. The fraction of sp³-hybridized carbons (Fsp3) is 0.487. The largest absolute Gasteiger partial charge is 0.508 e. The van der Waals surface area contributed by atoms with E-state index in [1.54, 1.807) is 12.1 Å². The van der Waals surface area contributed by atoms with Crippen molar-refractivity contribution in [3.05, 3.63) is 83.2 Å². The topological polar surface area (TPSA) is 177 Å². The van der Waals surface area contributed by atoms with Crippen LogP contribution in [0.2, 0.25) is 30.1 Å². The molecule has 7 N–H and O–H groups in total. The molecule has 56 heavy (non-hydrogen) atoms. The van der Waals surface area contributed by atoms with Crippen LogP contribution in [0.25, 0.3) is 0 Å². The van der Waals surface area contributed by atoms with Gasteiger partial charge < -0.3 is 36.0 Å². The molecule has 0 radical (unpaired) electrons. The third-order valence-electron chi connectivity index (χ3n) is 9.59. The van der Waals surface area contributed by atoms with Gasteiger partial charge in [0, 0.05) is 73.1 Å². The van der Waals surface area contributed by atoms with Gasteiger partial charge in [-0.2, -0.15) is 0 Å². The standard InChI is InChI=1S/C19H27Cl2NO4.C13H18Cl2N2O2.C7H4Cl2O2/c1-18(2,3)26-17(25)10-19(12-23)4-6-22(7-5-19)11-13-8-14(20)15(21)9-16(13)24;14-10-5-9(12(19)6-11(10)15)7-17-3-1-13(16,8-18)2-4-17;8-5-1-4(3-10)7(11)2-6(5)9/h8-9,23-24H,4-7,10-12H2,1-3H3;5-6,18-19H,1-4,7-8,16H2;1-3,11H. The van der Waals surface area contributed by atoms with Crippen molar-refractivity contribution in [2.45, 2.75) is 77.1 Å². The van der Waals surface area contributed by atoms with E-state index in [2.05, 4.69) is 9.80 Å². The zero-order chi connectivity index (χ0) is 42.0. The first-order chi connectivity index (χ1) is 26.1. The maximum Gasteiger partial charge on any atom is 0.306 e. The van der Waals surface area contributed by atoms with E-state index in [9.17, 15) is 30.0 Å². The molecule has 0 spiro atoms. The van der Waals surface area contributed by atoms with Crippen molar-refractivity contribution in [1.29, 1.82) is 0 Å². The summed E-state index contributed by atoms with van der Waals surface area (Å²) in [6.07, 6.45) is 3.58. The third-order valence-corrected chi connectivity index (χ3v) is 11.8. The molecular formula is C39H49Cl6N3O8. The van der Waals surface area contributed by atoms with Gasteiger partial charge in [0.2, 0.25) is 0 Å². The maximum absolute atomic E-state index is 12.2. The summed E-state index contributed by atoms with van der Waals surface area (Å²) in [6, 6.07) is 8.82. The van der Waals surface area contributed by atoms with Crippen LogP contribution >= 0.6 is 69.6 Å². The van der Waals surface area contributed by atoms with Gasteiger partial charge in [0.1, 0.15) is 22.8 Å². The predicted octanol–water partition coefficient (Wildman–Crippen LogP) is 8.50. The fourth-order valence-electron chi connectivity index (χ4n) is 6.11. The number of ether oxygens (including phenoxy) is 1. The Labute approximate surface area is 357 Å². The molecule has 2 fully saturated rings. The summed E-state index contributed by atoms with van der Waals surface area (Å²) in [5.41, 5.74) is 6.19. The number of carbonyl (C=O) groups is 2. The van der Waals surface area contributed by atoms with Crippen LogP contribution in [0, 0.1) is 5.41 Å². The number of aldehydes is 1. The number of carbonyl (C=O) groups excluding carboxylic acids is 2. The average Bonchev–Trinajstić information content (AvgIpc) is 3.12. The lowest BCUT2D eigenvalue weighted by Crippen LogP contribution is -2.52. The summed E-state index contributed by atoms with van der Waals surface area (Å²) < 4.78 is 5.41. The summed E-state index contributed by atoms with van der Waals surface area (Å²) in [5.74, 6) is -0.162. The minimum atomic E-state index is -0.528. The molecule has 0 unspecified atom stereocenters. The van der Waals surface area contributed by atoms with Crippen LogP contribution in [-0.2, 0) is 22.6 Å². The number of rotatable bonds is 9. The molecule has 0 atom stereocenters. The predicted molar refractivity (Wildman–Crippen MR) is 223 cm³/mol. The summed E-state index contributed by atoms with van der Waals surface area (Å²) >= 11 is 34.8. The number of phenolic OH excluding ortho intramolecular Hbond substituents is 3. The Morgan fingerprint density at radius 1 is 0.696 bits per heavy atom. The van der Waals surface area contributed by atoms with Gasteiger partial charge in [-0.15, -0.1) is 0 Å². The van der Waals surface area contributed by atoms with Crippen LogP contribution in [0.15, 0.2) is 36.4 Å². The van der Waals surface area contributed by atoms with Crippen LogP contribution in [0.4, 0.5) is 0 Å². The summed E-state index contributed by atoms with van der Waals surface area (Å²) in [4.78, 5) is 26.7. The Kier molecular flexibility index (Phi) is 18.2. The van der Waals surface area contributed by atoms with Crippen molar-refractivity contribution in [3.63, 3.8) is 0 Å². The van der Waals surface area contributed by atoms with Gasteiger partial charge in [0.05, 0.1) is 48.7 Å². The number of aromatic hydroxyl groups is 3. The number of aliphatic hydroxyl groups is 2. The van der Waals surface area contributed by atoms with Crippen molar-refractivity contribution in [2.75, 3.05) is 39.4 Å². The number of piperidine rings is 2. The number of likely N-dealkylation sites (tertiary alicyclic amines) is 2. The summed E-state index contributed by atoms with van der Waals surface area (Å²) in [6.45, 7) is 9.62. The SMILES string of the molecule is CC(C)(C)OC(=O)CC1(CO)CCN(Cc2cc(Cl)c(Cl)cc2O)CC1.NC1(CO)CCN(Cc2cc(Cl)c(Cl)cc2O)CC1.O=Cc1cc(Cl)c(Cl)cc1O. The monoisotopic (exact) mass is 897 g/mol. The number of halogens is 6. The summed E-state index contributed by atoms with van der Waals surface area (Å²) in [5, 5.41) is 50.1. The molecule has 0 aromatic heterocycles. The number of aliphatic hydroxyl groups excluding tert-OH is 2. The second-order valence-electron chi connectivity index (χ2n) is 15.2. The Morgan fingerprint density at radius 2 is 1.09 bits per heavy atom. The quantitative estimate of drug-likeness (QED) is 0.0897. The van der Waals surface area contributed by atoms with Crippen molar-refractivity contribution < 1.29 is 39.9 Å². The van der Waals surface area contributed by atoms with E-state index in [1.165, 1.54) is 24.3 Å². The normalized spacial score (nSPS) is 16.9. The average molecular weight is 901 g/mol. The molecule has 2 aliphatic rings. The van der Waals surface area contributed by atoms with Gasteiger partial charge in [-0.1, -0.05) is 69.6 Å². The molecule has 2 heterocycles. The molecule has 3 aromatic carbocycles. The third kappa shape index (κ3) is 14.5. The highest BCUT2D eigenvalue weighted by molar-refractivity contribution is 6.43. The van der Waals surface area contributed by atoms with E-state index < -0.39 is 16.6 Å². The molecule has 2 aliphatic heterocycles. The van der Waals surface area contributed by atoms with Crippen molar-refractivity contribution in [2.24, 2.45) is 11.1 Å². The highest BCUT2D eigenvalue weighted by atomic mass is 35.5. The molecule has 310 valence electrons. The van der Waals surface area contributed by atoms with Crippen LogP contribution in [0.5, 0.6) is 17.2 Å². The van der Waals surface area contributed by atoms with Crippen molar-refractivity contribution in [3.8, 4) is 17.2 Å². The van der Waals surface area contributed by atoms with Gasteiger partial charge in [-0.05, 0) is 77.7 Å². The second kappa shape index (κ2) is 21.1. The highest BCUT2D eigenvalue weighted by Crippen LogP contribution is 2.38. The highest BCUT2D eigenvalue weighted by Gasteiger charge is 2.37. The molecular weight excluding hydrogens is 851 g/mol. The van der Waals surface area contributed by atoms with E-state index in [0.29, 0.717) is 71.0 Å². The number of nitrogens with zero attached hydrogens (tertiary/aromatic N) is 2. The number of esters is 1. The van der Waals surface area contributed by atoms with E-state index in [1.807, 2.05) is 20.8 Å². The first-order valence-electron chi connectivity index (χ1n) is 17.8. The van der Waals surface area contributed by atoms with E-state index in [-0.39, 0.29) is 58.5 Å². The second-order valence-corrected chi connectivity index (χ2v) is 17.7. The molecule has 5 rings (SSSR count). The molecule has 0 amide bonds. The number of nitrogens with two attached hydrogens (primary N) is 1. The molecule has 0 saturated carbocycles. The van der Waals surface area contributed by atoms with E-state index >= 15 is 0 Å². The van der Waals surface area contributed by atoms with Gasteiger partial charge >= 0.3 is 5.97 Å². The first kappa shape index (κ1) is 48.1. The smallest absolute Gasteiger partial charge is 0.306 e. The molecule has 0 bridgehead atoms. The zero-order valence-corrected chi connectivity index (χ0v) is 36.0. The summed E-state index contributed by atoms with van der Waals surface area (Å²) in [7, 11) is 0. The van der Waals surface area contributed by atoms with E-state index in [4.69, 9.17) is 85.2 Å². The van der Waals surface area contributed by atoms with Crippen LogP contribution < -0.4 is 5.73 Å². The maximum atomic E-state index is 12.2. The Morgan fingerprint density at radius 3 is 1.48 bits per heavy atom. The van der Waals surface area contributed by atoms with Gasteiger partial charge in [-0.25, -0.2) is 0 Å². The molecule has 0 aliphatic carbocycles. The Hall–Kier alpha value is -2.26.